The first-order chi connectivity index (χ1) is 11.7. The lowest BCUT2D eigenvalue weighted by atomic mass is 9.93. The molecule has 0 unspecified atom stereocenters. The molecule has 11 nitrogen and oxygen atoms in total. The van der Waals surface area contributed by atoms with E-state index in [0.717, 1.165) is 5.01 Å². The number of aliphatic hydroxyl groups is 4. The number of carbonyl (C=O) groups excluding carboxylic acids is 4. The third kappa shape index (κ3) is 8.03. The number of hydrogen-bond donors (Lipinski definition) is 6. The fourth-order valence-corrected chi connectivity index (χ4v) is 1.61. The minimum atomic E-state index is -1.11. The molecular weight excluding hydrogens is 338 g/mol. The van der Waals surface area contributed by atoms with Crippen LogP contribution in [-0.4, -0.2) is 75.5 Å². The van der Waals surface area contributed by atoms with E-state index in [4.69, 9.17) is 26.2 Å². The van der Waals surface area contributed by atoms with Crippen LogP contribution in [-0.2, 0) is 19.2 Å². The van der Waals surface area contributed by atoms with Crippen LogP contribution >= 0.6 is 0 Å². The van der Waals surface area contributed by atoms with Crippen molar-refractivity contribution in [1.29, 1.82) is 0 Å². The Kier molecular flexibility index (Phi) is 10.5. The Hall–Kier alpha value is -2.08. The van der Waals surface area contributed by atoms with Crippen LogP contribution in [0.15, 0.2) is 0 Å². The van der Waals surface area contributed by atoms with E-state index in [9.17, 15) is 19.2 Å². The Morgan fingerprint density at radius 3 is 1.72 bits per heavy atom. The van der Waals surface area contributed by atoms with Crippen molar-refractivity contribution in [3.8, 4) is 0 Å². The monoisotopic (exact) mass is 363 g/mol. The van der Waals surface area contributed by atoms with Crippen LogP contribution in [0, 0.1) is 5.41 Å². The standard InChI is InChI=1S/C9H13N3O4.C5H12O4/c10-6(13)2-1-3-7(14)11-12-8(15)4-5-9(12)16;6-1-5(2-7,3-8)4-9/h1-5H2,(H2,10,13)(H,11,14);6-9H,1-4H2. The van der Waals surface area contributed by atoms with E-state index < -0.39 is 55.5 Å². The van der Waals surface area contributed by atoms with E-state index in [2.05, 4.69) is 5.43 Å². The summed E-state index contributed by atoms with van der Waals surface area (Å²) in [5, 5.41) is 34.7. The van der Waals surface area contributed by atoms with Crippen molar-refractivity contribution >= 4 is 23.6 Å². The zero-order valence-electron chi connectivity index (χ0n) is 13.8. The van der Waals surface area contributed by atoms with Gasteiger partial charge >= 0.3 is 0 Å². The maximum atomic E-state index is 11.3. The van der Waals surface area contributed by atoms with E-state index in [1.165, 1.54) is 0 Å². The molecule has 0 aromatic heterocycles. The van der Waals surface area contributed by atoms with Crippen LogP contribution in [0.3, 0.4) is 0 Å². The summed E-state index contributed by atoms with van der Waals surface area (Å²) in [6, 6.07) is 0. The Labute approximate surface area is 144 Å². The number of amides is 4. The van der Waals surface area contributed by atoms with E-state index in [1.54, 1.807) is 0 Å². The summed E-state index contributed by atoms with van der Waals surface area (Å²) >= 11 is 0. The van der Waals surface area contributed by atoms with Crippen LogP contribution in [0.4, 0.5) is 0 Å². The van der Waals surface area contributed by atoms with Gasteiger partial charge in [0.2, 0.25) is 23.6 Å². The van der Waals surface area contributed by atoms with Crippen molar-refractivity contribution in [3.63, 3.8) is 0 Å². The minimum Gasteiger partial charge on any atom is -0.396 e. The Bertz CT molecular complexity index is 445. The number of imide groups is 1. The Balaban J connectivity index is 0.000000547. The lowest BCUT2D eigenvalue weighted by Crippen LogP contribution is -2.45. The van der Waals surface area contributed by atoms with Crippen molar-refractivity contribution in [2.45, 2.75) is 32.1 Å². The average Bonchev–Trinajstić information content (AvgIpc) is 2.90. The Morgan fingerprint density at radius 2 is 1.40 bits per heavy atom. The number of nitrogens with zero attached hydrogens (tertiary/aromatic N) is 1. The van der Waals surface area contributed by atoms with Crippen LogP contribution in [0.5, 0.6) is 0 Å². The van der Waals surface area contributed by atoms with Gasteiger partial charge in [-0.2, -0.15) is 5.01 Å². The third-order valence-electron chi connectivity index (χ3n) is 3.46. The minimum absolute atomic E-state index is 0.0556. The number of nitrogens with one attached hydrogen (secondary N) is 1. The summed E-state index contributed by atoms with van der Waals surface area (Å²) in [4.78, 5) is 43.9. The van der Waals surface area contributed by atoms with Gasteiger partial charge in [-0.05, 0) is 6.42 Å². The van der Waals surface area contributed by atoms with Crippen LogP contribution in [0.2, 0.25) is 0 Å². The highest BCUT2D eigenvalue weighted by molar-refractivity contribution is 6.03. The number of hydrogen-bond acceptors (Lipinski definition) is 8. The molecule has 7 N–H and O–H groups in total. The molecule has 1 saturated heterocycles. The molecule has 1 rings (SSSR count). The zero-order chi connectivity index (χ0) is 19.5. The summed E-state index contributed by atoms with van der Waals surface area (Å²) in [5.74, 6) is -1.77. The Morgan fingerprint density at radius 1 is 0.960 bits per heavy atom. The summed E-state index contributed by atoms with van der Waals surface area (Å²) in [6.07, 6.45) is 0.716. The summed E-state index contributed by atoms with van der Waals surface area (Å²) in [7, 11) is 0. The van der Waals surface area contributed by atoms with Gasteiger partial charge in [-0.1, -0.05) is 0 Å². The molecule has 144 valence electrons. The molecule has 0 atom stereocenters. The molecule has 4 amide bonds. The molecule has 0 aliphatic carbocycles. The molecule has 0 aromatic rings. The van der Waals surface area contributed by atoms with E-state index in [0.29, 0.717) is 6.42 Å². The number of nitrogens with two attached hydrogens (primary N) is 1. The molecule has 25 heavy (non-hydrogen) atoms. The second-order valence-electron chi connectivity index (χ2n) is 5.61. The number of carbonyl (C=O) groups is 4. The highest BCUT2D eigenvalue weighted by Crippen LogP contribution is 2.12. The van der Waals surface area contributed by atoms with E-state index >= 15 is 0 Å². The largest absolute Gasteiger partial charge is 0.396 e. The highest BCUT2D eigenvalue weighted by Gasteiger charge is 2.30. The van der Waals surface area contributed by atoms with Gasteiger partial charge in [0.25, 0.3) is 0 Å². The molecule has 0 radical (unpaired) electrons. The first kappa shape index (κ1) is 22.9. The van der Waals surface area contributed by atoms with Gasteiger partial charge in [-0.15, -0.1) is 0 Å². The maximum Gasteiger partial charge on any atom is 0.248 e. The quantitative estimate of drug-likeness (QED) is 0.230. The first-order valence-electron chi connectivity index (χ1n) is 7.62. The summed E-state index contributed by atoms with van der Waals surface area (Å²) in [5.41, 5.74) is 5.98. The lowest BCUT2D eigenvalue weighted by Gasteiger charge is -2.23. The van der Waals surface area contributed by atoms with Crippen LogP contribution in [0.25, 0.3) is 0 Å². The number of aliphatic hydroxyl groups excluding tert-OH is 4. The molecule has 1 heterocycles. The number of hydrazine groups is 1. The molecule has 0 aromatic carbocycles. The van der Waals surface area contributed by atoms with Crippen molar-refractivity contribution < 1.29 is 39.6 Å². The zero-order valence-corrected chi connectivity index (χ0v) is 13.8. The first-order valence-corrected chi connectivity index (χ1v) is 7.62. The maximum absolute atomic E-state index is 11.3. The van der Waals surface area contributed by atoms with E-state index in [1.807, 2.05) is 0 Å². The SMILES string of the molecule is NC(=O)CCCC(=O)NN1C(=O)CCC1=O.OCC(CO)(CO)CO. The molecule has 1 fully saturated rings. The van der Waals surface area contributed by atoms with Gasteiger partial charge < -0.3 is 26.2 Å². The third-order valence-corrected chi connectivity index (χ3v) is 3.46. The summed E-state index contributed by atoms with van der Waals surface area (Å²) < 4.78 is 0. The fraction of sp³-hybridized carbons (Fsp3) is 0.714. The lowest BCUT2D eigenvalue weighted by molar-refractivity contribution is -0.147. The van der Waals surface area contributed by atoms with Gasteiger partial charge in [-0.3, -0.25) is 24.6 Å². The topological polar surface area (TPSA) is 190 Å². The van der Waals surface area contributed by atoms with Crippen molar-refractivity contribution in [3.05, 3.63) is 0 Å². The summed E-state index contributed by atoms with van der Waals surface area (Å²) in [6.45, 7) is -1.62. The molecule has 1 aliphatic rings. The van der Waals surface area contributed by atoms with Gasteiger partial charge in [0.1, 0.15) is 0 Å². The highest BCUT2D eigenvalue weighted by atomic mass is 16.3. The molecule has 1 aliphatic heterocycles. The predicted octanol–water partition coefficient (Wildman–Crippen LogP) is -3.24. The fourth-order valence-electron chi connectivity index (χ4n) is 1.61. The van der Waals surface area contributed by atoms with Gasteiger partial charge in [-0.25, -0.2) is 0 Å². The van der Waals surface area contributed by atoms with E-state index in [-0.39, 0.29) is 25.7 Å². The van der Waals surface area contributed by atoms with Crippen molar-refractivity contribution in [1.82, 2.24) is 10.4 Å². The molecule has 0 bridgehead atoms. The number of primary amides is 1. The van der Waals surface area contributed by atoms with Gasteiger partial charge in [0.05, 0.1) is 31.8 Å². The van der Waals surface area contributed by atoms with Crippen LogP contribution < -0.4 is 11.2 Å². The molecule has 0 saturated carbocycles. The van der Waals surface area contributed by atoms with Crippen molar-refractivity contribution in [2.75, 3.05) is 26.4 Å². The predicted molar refractivity (Wildman–Crippen MR) is 83.1 cm³/mol. The number of rotatable bonds is 9. The second kappa shape index (κ2) is 11.5. The van der Waals surface area contributed by atoms with Gasteiger partial charge in [0.15, 0.2) is 0 Å². The normalized spacial score (nSPS) is 14.2. The molecule has 11 heteroatoms. The smallest absolute Gasteiger partial charge is 0.248 e. The van der Waals surface area contributed by atoms with Crippen molar-refractivity contribution in [2.24, 2.45) is 11.1 Å². The molecule has 0 spiro atoms. The molecular formula is C14H25N3O8. The second-order valence-corrected chi connectivity index (χ2v) is 5.61. The average molecular weight is 363 g/mol. The van der Waals surface area contributed by atoms with Crippen LogP contribution in [0.1, 0.15) is 32.1 Å². The van der Waals surface area contributed by atoms with Gasteiger partial charge in [0, 0.05) is 25.7 Å².